The van der Waals surface area contributed by atoms with Crippen LogP contribution in [0.25, 0.3) is 11.0 Å². The molecule has 5 nitrogen and oxygen atoms in total. The molecule has 0 aliphatic carbocycles. The summed E-state index contributed by atoms with van der Waals surface area (Å²) in [6.45, 7) is 3.14. The van der Waals surface area contributed by atoms with Crippen LogP contribution in [0.4, 0.5) is 4.39 Å². The normalized spacial score (nSPS) is 17.8. The van der Waals surface area contributed by atoms with Gasteiger partial charge in [0.05, 0.1) is 5.60 Å². The number of piperidine rings is 1. The minimum absolute atomic E-state index is 0.109. The number of amides is 1. The topological polar surface area (TPSA) is 56.9 Å². The maximum absolute atomic E-state index is 14.0. The zero-order valence-corrected chi connectivity index (χ0v) is 20.1. The minimum atomic E-state index is -0.960. The molecule has 0 bridgehead atoms. The molecule has 2 aliphatic heterocycles. The number of likely N-dealkylation sites (tertiary alicyclic amines) is 1. The smallest absolute Gasteiger partial charge is 0.289 e. The molecule has 36 heavy (non-hydrogen) atoms. The van der Waals surface area contributed by atoms with Crippen molar-refractivity contribution in [2.45, 2.75) is 38.0 Å². The van der Waals surface area contributed by atoms with E-state index in [-0.39, 0.29) is 11.7 Å². The van der Waals surface area contributed by atoms with Crippen molar-refractivity contribution >= 4 is 16.9 Å². The van der Waals surface area contributed by atoms with Crippen LogP contribution in [0, 0.1) is 5.82 Å². The summed E-state index contributed by atoms with van der Waals surface area (Å²) in [7, 11) is 0. The molecule has 184 valence electrons. The molecule has 6 rings (SSSR count). The maximum atomic E-state index is 14.0. The molecule has 2 aliphatic rings. The summed E-state index contributed by atoms with van der Waals surface area (Å²) in [6, 6.07) is 22.5. The molecule has 0 spiro atoms. The Balaban J connectivity index is 1.16. The van der Waals surface area contributed by atoms with Gasteiger partial charge in [0.25, 0.3) is 5.91 Å². The predicted octanol–water partition coefficient (Wildman–Crippen LogP) is 5.25. The van der Waals surface area contributed by atoms with Crippen molar-refractivity contribution in [1.82, 2.24) is 9.80 Å². The summed E-state index contributed by atoms with van der Waals surface area (Å²) >= 11 is 0. The summed E-state index contributed by atoms with van der Waals surface area (Å²) < 4.78 is 20.0. The van der Waals surface area contributed by atoms with E-state index < -0.39 is 5.60 Å². The molecule has 6 heteroatoms. The summed E-state index contributed by atoms with van der Waals surface area (Å²) in [6.07, 6.45) is 1.96. The second-order valence-electron chi connectivity index (χ2n) is 10.0. The number of hydrogen-bond donors (Lipinski definition) is 1. The molecule has 0 unspecified atom stereocenters. The minimum Gasteiger partial charge on any atom is -0.451 e. The Bertz CT molecular complexity index is 1420. The van der Waals surface area contributed by atoms with Gasteiger partial charge in [0.2, 0.25) is 0 Å². The molecular formula is C30H29FN2O3. The first-order valence-electron chi connectivity index (χ1n) is 12.6. The lowest BCUT2D eigenvalue weighted by Crippen LogP contribution is -2.42. The van der Waals surface area contributed by atoms with E-state index in [0.29, 0.717) is 62.5 Å². The van der Waals surface area contributed by atoms with E-state index in [0.717, 1.165) is 17.4 Å². The van der Waals surface area contributed by atoms with Crippen LogP contribution in [-0.2, 0) is 25.1 Å². The fourth-order valence-corrected chi connectivity index (χ4v) is 5.50. The highest BCUT2D eigenvalue weighted by Crippen LogP contribution is 2.36. The van der Waals surface area contributed by atoms with Gasteiger partial charge in [0, 0.05) is 43.7 Å². The van der Waals surface area contributed by atoms with Crippen LogP contribution in [0.5, 0.6) is 0 Å². The van der Waals surface area contributed by atoms with Crippen molar-refractivity contribution < 1.29 is 18.7 Å². The van der Waals surface area contributed by atoms with Crippen molar-refractivity contribution in [2.75, 3.05) is 19.6 Å². The standard InChI is InChI=1S/C30H29FN2O3/c31-26-8-4-3-7-23(26)19-32-15-12-30(35,13-16-32)25-9-10-27-24(17-25)18-28(36-27)29(34)33-14-11-21-5-1-2-6-22(21)20-33/h1-10,17-18,35H,11-16,19-20H2. The van der Waals surface area contributed by atoms with E-state index >= 15 is 0 Å². The number of furan rings is 1. The van der Waals surface area contributed by atoms with Gasteiger partial charge >= 0.3 is 0 Å². The SMILES string of the molecule is O=C(c1cc2cc(C3(O)CCN(Cc4ccccc4F)CC3)ccc2o1)N1CCc2ccccc2C1. The van der Waals surface area contributed by atoms with E-state index in [9.17, 15) is 14.3 Å². The molecule has 0 atom stereocenters. The Morgan fingerprint density at radius 3 is 2.50 bits per heavy atom. The predicted molar refractivity (Wildman–Crippen MR) is 136 cm³/mol. The molecule has 0 radical (unpaired) electrons. The van der Waals surface area contributed by atoms with Gasteiger partial charge in [-0.3, -0.25) is 9.69 Å². The first-order chi connectivity index (χ1) is 17.5. The third kappa shape index (κ3) is 4.31. The summed E-state index contributed by atoms with van der Waals surface area (Å²) in [4.78, 5) is 17.2. The number of fused-ring (bicyclic) bond motifs is 2. The summed E-state index contributed by atoms with van der Waals surface area (Å²) in [5.41, 5.74) is 3.66. The van der Waals surface area contributed by atoms with Crippen molar-refractivity contribution in [3.63, 3.8) is 0 Å². The van der Waals surface area contributed by atoms with Crippen molar-refractivity contribution in [2.24, 2.45) is 0 Å². The van der Waals surface area contributed by atoms with E-state index in [2.05, 4.69) is 17.0 Å². The molecule has 3 heterocycles. The van der Waals surface area contributed by atoms with Gasteiger partial charge in [-0.1, -0.05) is 48.5 Å². The highest BCUT2D eigenvalue weighted by atomic mass is 19.1. The quantitative estimate of drug-likeness (QED) is 0.430. The number of rotatable bonds is 4. The number of hydrogen-bond acceptors (Lipinski definition) is 4. The van der Waals surface area contributed by atoms with Crippen LogP contribution in [0.2, 0.25) is 0 Å². The van der Waals surface area contributed by atoms with Crippen LogP contribution >= 0.6 is 0 Å². The monoisotopic (exact) mass is 484 g/mol. The van der Waals surface area contributed by atoms with Gasteiger partial charge in [-0.15, -0.1) is 0 Å². The summed E-state index contributed by atoms with van der Waals surface area (Å²) in [5, 5.41) is 12.3. The Kier molecular flexibility index (Phi) is 5.86. The van der Waals surface area contributed by atoms with Crippen LogP contribution in [0.15, 0.2) is 77.2 Å². The lowest BCUT2D eigenvalue weighted by molar-refractivity contribution is -0.0278. The van der Waals surface area contributed by atoms with Gasteiger partial charge in [0.15, 0.2) is 5.76 Å². The van der Waals surface area contributed by atoms with Crippen LogP contribution in [0.3, 0.4) is 0 Å². The van der Waals surface area contributed by atoms with Gasteiger partial charge < -0.3 is 14.4 Å². The number of halogens is 1. The van der Waals surface area contributed by atoms with Crippen molar-refractivity contribution in [3.05, 3.63) is 107 Å². The van der Waals surface area contributed by atoms with Gasteiger partial charge in [-0.25, -0.2) is 4.39 Å². The number of benzene rings is 3. The second-order valence-corrected chi connectivity index (χ2v) is 10.0. The summed E-state index contributed by atoms with van der Waals surface area (Å²) in [5.74, 6) is 0.0264. The van der Waals surface area contributed by atoms with Crippen molar-refractivity contribution in [3.8, 4) is 0 Å². The van der Waals surface area contributed by atoms with Crippen LogP contribution in [-0.4, -0.2) is 40.4 Å². The second kappa shape index (κ2) is 9.19. The molecular weight excluding hydrogens is 455 g/mol. The van der Waals surface area contributed by atoms with Gasteiger partial charge in [0.1, 0.15) is 11.4 Å². The Morgan fingerprint density at radius 1 is 0.944 bits per heavy atom. The highest BCUT2D eigenvalue weighted by molar-refractivity contribution is 5.96. The molecule has 1 saturated heterocycles. The number of carbonyl (C=O) groups is 1. The van der Waals surface area contributed by atoms with E-state index in [1.807, 2.05) is 47.4 Å². The molecule has 1 N–H and O–H groups in total. The molecule has 0 saturated carbocycles. The molecule has 1 fully saturated rings. The van der Waals surface area contributed by atoms with Crippen LogP contribution < -0.4 is 0 Å². The first kappa shape index (κ1) is 23.0. The van der Waals surface area contributed by atoms with Crippen LogP contribution in [0.1, 0.15) is 45.7 Å². The molecule has 4 aromatic rings. The third-order valence-corrected chi connectivity index (χ3v) is 7.72. The Morgan fingerprint density at radius 2 is 1.69 bits per heavy atom. The lowest BCUT2D eigenvalue weighted by atomic mass is 9.84. The zero-order chi connectivity index (χ0) is 24.7. The average Bonchev–Trinajstić information content (AvgIpc) is 3.34. The largest absolute Gasteiger partial charge is 0.451 e. The van der Waals surface area contributed by atoms with Gasteiger partial charge in [-0.05, 0) is 60.2 Å². The first-order valence-corrected chi connectivity index (χ1v) is 12.6. The maximum Gasteiger partial charge on any atom is 0.289 e. The molecule has 3 aromatic carbocycles. The molecule has 1 amide bonds. The highest BCUT2D eigenvalue weighted by Gasteiger charge is 2.34. The number of aliphatic hydroxyl groups is 1. The Hall–Kier alpha value is -3.48. The zero-order valence-electron chi connectivity index (χ0n) is 20.1. The third-order valence-electron chi connectivity index (χ3n) is 7.72. The number of nitrogens with zero attached hydrogens (tertiary/aromatic N) is 2. The van der Waals surface area contributed by atoms with Crippen molar-refractivity contribution in [1.29, 1.82) is 0 Å². The average molecular weight is 485 g/mol. The van der Waals surface area contributed by atoms with E-state index in [1.165, 1.54) is 17.2 Å². The van der Waals surface area contributed by atoms with Gasteiger partial charge in [-0.2, -0.15) is 0 Å². The van der Waals surface area contributed by atoms with E-state index in [1.54, 1.807) is 12.1 Å². The fraction of sp³-hybridized carbons (Fsp3) is 0.300. The Labute approximate surface area is 209 Å². The molecule has 1 aromatic heterocycles. The lowest BCUT2D eigenvalue weighted by Gasteiger charge is -2.38. The van der Waals surface area contributed by atoms with E-state index in [4.69, 9.17) is 4.42 Å². The fourth-order valence-electron chi connectivity index (χ4n) is 5.50. The number of carbonyl (C=O) groups excluding carboxylic acids is 1.